The first kappa shape index (κ1) is 40.1. The quantitative estimate of drug-likeness (QED) is 0.107. The number of hydrogen-bond acceptors (Lipinski definition) is 0. The predicted octanol–water partition coefficient (Wildman–Crippen LogP) is 14.0. The van der Waals surface area contributed by atoms with Crippen LogP contribution in [0.3, 0.4) is 0 Å². The molecule has 3 aromatic heterocycles. The molecule has 14 rings (SSSR count). The predicted molar refractivity (Wildman–Crippen MR) is 299 cm³/mol. The van der Waals surface area contributed by atoms with Crippen LogP contribution in [-0.4, -0.2) is 21.8 Å². The number of para-hydroxylation sites is 6. The molecule has 328 valence electrons. The highest BCUT2D eigenvalue weighted by atomic mass is 28.3. The Hall–Kier alpha value is -8.96. The third-order valence-electron chi connectivity index (χ3n) is 14.8. The summed E-state index contributed by atoms with van der Waals surface area (Å²) in [6, 6.07) is 101. The molecule has 0 aliphatic rings. The van der Waals surface area contributed by atoms with Crippen LogP contribution >= 0.6 is 0 Å². The van der Waals surface area contributed by atoms with Crippen LogP contribution in [0.5, 0.6) is 0 Å². The van der Waals surface area contributed by atoms with Crippen LogP contribution in [-0.2, 0) is 0 Å². The van der Waals surface area contributed by atoms with Crippen molar-refractivity contribution in [2.75, 3.05) is 0 Å². The van der Waals surface area contributed by atoms with Crippen LogP contribution in [0.2, 0.25) is 0 Å². The Balaban J connectivity index is 1.06. The van der Waals surface area contributed by atoms with Gasteiger partial charge in [0.05, 0.1) is 38.8 Å². The third kappa shape index (κ3) is 5.87. The molecule has 14 aromatic rings. The maximum atomic E-state index is 2.56. The highest BCUT2D eigenvalue weighted by Crippen LogP contribution is 2.45. The van der Waals surface area contributed by atoms with Crippen molar-refractivity contribution < 1.29 is 0 Å². The summed E-state index contributed by atoms with van der Waals surface area (Å²) in [6.45, 7) is 0. The molecule has 3 heterocycles. The largest absolute Gasteiger partial charge is 0.309 e. The molecule has 11 aromatic carbocycles. The lowest BCUT2D eigenvalue weighted by Crippen LogP contribution is -2.74. The second kappa shape index (κ2) is 16.1. The maximum Gasteiger partial charge on any atom is 0.179 e. The number of aromatic nitrogens is 3. The molecule has 0 bridgehead atoms. The Morgan fingerprint density at radius 2 is 0.629 bits per heavy atom. The Morgan fingerprint density at radius 1 is 0.243 bits per heavy atom. The summed E-state index contributed by atoms with van der Waals surface area (Å²) in [7, 11) is -2.81. The Morgan fingerprint density at radius 3 is 1.20 bits per heavy atom. The van der Waals surface area contributed by atoms with Crippen molar-refractivity contribution in [3.63, 3.8) is 0 Å². The summed E-state index contributed by atoms with van der Waals surface area (Å²) in [5, 5.41) is 12.8. The molecule has 0 atom stereocenters. The lowest BCUT2D eigenvalue weighted by Gasteiger charge is -2.34. The SMILES string of the molecule is c1ccc(-n2c3ccccc3c3cccc(-c4cccc5c6ccccc6n(-c6cccc7c6c6ccccc6n7-c6cccc([Si](c7ccccc7)(c7ccccc7)c7ccccc7)c6)c45)c32)cc1. The normalized spacial score (nSPS) is 12.0. The molecule has 0 spiro atoms. The fourth-order valence-corrected chi connectivity index (χ4v) is 16.8. The van der Waals surface area contributed by atoms with Crippen LogP contribution < -0.4 is 20.7 Å². The van der Waals surface area contributed by atoms with E-state index in [1.807, 2.05) is 0 Å². The van der Waals surface area contributed by atoms with E-state index in [1.54, 1.807) is 0 Å². The average Bonchev–Trinajstić information content (AvgIpc) is 4.09. The van der Waals surface area contributed by atoms with Crippen LogP contribution in [0.1, 0.15) is 0 Å². The second-order valence-electron chi connectivity index (χ2n) is 18.4. The van der Waals surface area contributed by atoms with Crippen molar-refractivity contribution in [1.29, 1.82) is 0 Å². The van der Waals surface area contributed by atoms with Gasteiger partial charge in [-0.1, -0.05) is 218 Å². The summed E-state index contributed by atoms with van der Waals surface area (Å²) in [5.41, 5.74) is 12.9. The van der Waals surface area contributed by atoms with Crippen molar-refractivity contribution >= 4 is 94.2 Å². The number of hydrogen-bond donors (Lipinski definition) is 0. The van der Waals surface area contributed by atoms with Gasteiger partial charge in [-0.2, -0.15) is 0 Å². The first-order valence-electron chi connectivity index (χ1n) is 24.2. The minimum absolute atomic E-state index is 1.14. The molecule has 0 fully saturated rings. The first-order chi connectivity index (χ1) is 34.8. The topological polar surface area (TPSA) is 14.8 Å². The molecule has 0 amide bonds. The molecule has 0 radical (unpaired) electrons. The molecule has 0 saturated heterocycles. The van der Waals surface area contributed by atoms with Crippen LogP contribution in [0, 0.1) is 0 Å². The highest BCUT2D eigenvalue weighted by molar-refractivity contribution is 7.19. The van der Waals surface area contributed by atoms with Gasteiger partial charge in [-0.3, -0.25) is 0 Å². The maximum absolute atomic E-state index is 2.81. The number of benzene rings is 11. The van der Waals surface area contributed by atoms with Crippen molar-refractivity contribution in [1.82, 2.24) is 13.7 Å². The van der Waals surface area contributed by atoms with Gasteiger partial charge in [0.25, 0.3) is 0 Å². The zero-order valence-electron chi connectivity index (χ0n) is 38.3. The first-order valence-corrected chi connectivity index (χ1v) is 26.2. The molecule has 0 N–H and O–H groups in total. The van der Waals surface area contributed by atoms with Crippen molar-refractivity contribution in [2.24, 2.45) is 0 Å². The molecule has 0 aliphatic carbocycles. The lowest BCUT2D eigenvalue weighted by atomic mass is 9.99. The number of nitrogens with zero attached hydrogens (tertiary/aromatic N) is 3. The summed E-state index contributed by atoms with van der Waals surface area (Å²) in [4.78, 5) is 0. The second-order valence-corrected chi connectivity index (χ2v) is 22.2. The zero-order valence-corrected chi connectivity index (χ0v) is 39.3. The van der Waals surface area contributed by atoms with Gasteiger partial charge in [0.1, 0.15) is 0 Å². The molecular formula is C66H45N3Si. The van der Waals surface area contributed by atoms with Gasteiger partial charge in [-0.25, -0.2) is 0 Å². The summed E-state index contributed by atoms with van der Waals surface area (Å²) >= 11 is 0. The monoisotopic (exact) mass is 907 g/mol. The molecule has 0 aliphatic heterocycles. The van der Waals surface area contributed by atoms with Crippen molar-refractivity contribution in [2.45, 2.75) is 0 Å². The molecule has 70 heavy (non-hydrogen) atoms. The van der Waals surface area contributed by atoms with Crippen molar-refractivity contribution in [3.05, 3.63) is 273 Å². The Labute approximate surface area is 407 Å². The summed E-state index contributed by atoms with van der Waals surface area (Å²) < 4.78 is 7.52. The fraction of sp³-hybridized carbons (Fsp3) is 0. The van der Waals surface area contributed by atoms with E-state index in [1.165, 1.54) is 91.8 Å². The van der Waals surface area contributed by atoms with Crippen molar-refractivity contribution in [3.8, 4) is 28.2 Å². The van der Waals surface area contributed by atoms with Crippen LogP contribution in [0.15, 0.2) is 273 Å². The van der Waals surface area contributed by atoms with Gasteiger partial charge in [0.2, 0.25) is 0 Å². The van der Waals surface area contributed by atoms with E-state index in [9.17, 15) is 0 Å². The van der Waals surface area contributed by atoms with Gasteiger partial charge < -0.3 is 13.7 Å². The summed E-state index contributed by atoms with van der Waals surface area (Å²) in [5.74, 6) is 0. The minimum atomic E-state index is -2.81. The molecule has 3 nitrogen and oxygen atoms in total. The lowest BCUT2D eigenvalue weighted by molar-refractivity contribution is 1.17. The fourth-order valence-electron chi connectivity index (χ4n) is 12.0. The van der Waals surface area contributed by atoms with Crippen LogP contribution in [0.4, 0.5) is 0 Å². The Bertz CT molecular complexity index is 4180. The molecule has 4 heteroatoms. The minimum Gasteiger partial charge on any atom is -0.309 e. The number of fused-ring (bicyclic) bond motifs is 9. The van der Waals surface area contributed by atoms with E-state index in [-0.39, 0.29) is 0 Å². The highest BCUT2D eigenvalue weighted by Gasteiger charge is 2.41. The van der Waals surface area contributed by atoms with Gasteiger partial charge in [-0.05, 0) is 75.3 Å². The van der Waals surface area contributed by atoms with E-state index < -0.39 is 8.07 Å². The van der Waals surface area contributed by atoms with Gasteiger partial charge in [0.15, 0.2) is 8.07 Å². The molecule has 0 unspecified atom stereocenters. The van der Waals surface area contributed by atoms with Gasteiger partial charge in [-0.15, -0.1) is 0 Å². The van der Waals surface area contributed by atoms with E-state index >= 15 is 0 Å². The average molecular weight is 908 g/mol. The van der Waals surface area contributed by atoms with Crippen LogP contribution in [0.25, 0.3) is 93.6 Å². The summed E-state index contributed by atoms with van der Waals surface area (Å²) in [6.07, 6.45) is 0. The van der Waals surface area contributed by atoms with Gasteiger partial charge in [0, 0.05) is 54.8 Å². The Kier molecular flexibility index (Phi) is 9.23. The van der Waals surface area contributed by atoms with E-state index in [0.717, 1.165) is 22.6 Å². The third-order valence-corrected chi connectivity index (χ3v) is 19.5. The molecular weight excluding hydrogens is 863 g/mol. The zero-order chi connectivity index (χ0) is 46.2. The van der Waals surface area contributed by atoms with E-state index in [0.29, 0.717) is 0 Å². The smallest absolute Gasteiger partial charge is 0.179 e. The van der Waals surface area contributed by atoms with E-state index in [2.05, 4.69) is 287 Å². The number of rotatable bonds is 8. The molecule has 0 saturated carbocycles. The van der Waals surface area contributed by atoms with Gasteiger partial charge >= 0.3 is 0 Å². The van der Waals surface area contributed by atoms with E-state index in [4.69, 9.17) is 0 Å². The standard InChI is InChI=1S/C66H45N3Si/c1-5-23-46(24-6-1)68-59-40-16-13-33-52(59)54-36-20-38-56(65(54)68)57-39-21-37-55-53-34-14-17-41-60(53)69(66(55)57)63-44-22-43-62-64(63)58-35-15-18-42-61(58)67(62)47-25-19-32-51(45-47)70(48-26-7-2-8-27-48,49-28-9-3-10-29-49)50-30-11-4-12-31-50/h1-45H.